The maximum absolute atomic E-state index is 12.6. The number of rotatable bonds is 9. The van der Waals surface area contributed by atoms with Crippen molar-refractivity contribution in [2.45, 2.75) is 83.6 Å². The van der Waals surface area contributed by atoms with Gasteiger partial charge in [0.25, 0.3) is 0 Å². The molecule has 6 rings (SSSR count). The summed E-state index contributed by atoms with van der Waals surface area (Å²) in [6.07, 6.45) is 7.13. The van der Waals surface area contributed by atoms with Crippen molar-refractivity contribution in [3.8, 4) is 22.8 Å². The molecule has 0 spiro atoms. The summed E-state index contributed by atoms with van der Waals surface area (Å²) in [5.41, 5.74) is 4.74. The van der Waals surface area contributed by atoms with Crippen LogP contribution in [0.15, 0.2) is 60.8 Å². The summed E-state index contributed by atoms with van der Waals surface area (Å²) in [6.45, 7) is 7.79. The maximum Gasteiger partial charge on any atom is 0.410 e. The second-order valence-electron chi connectivity index (χ2n) is 13.9. The molecule has 48 heavy (non-hydrogen) atoms. The van der Waals surface area contributed by atoms with E-state index in [0.717, 1.165) is 40.7 Å². The van der Waals surface area contributed by atoms with Crippen LogP contribution in [0, 0.1) is 0 Å². The van der Waals surface area contributed by atoms with Crippen molar-refractivity contribution in [1.82, 2.24) is 19.8 Å². The number of carbonyl (C=O) groups excluding carboxylic acids is 1. The molecule has 3 heterocycles. The molecule has 254 valence electrons. The molecule has 1 saturated carbocycles. The zero-order valence-electron chi connectivity index (χ0n) is 28.3. The molecule has 2 aliphatic rings. The number of fused-ring (bicyclic) bond motifs is 5. The molecular weight excluding hydrogens is 608 g/mol. The van der Waals surface area contributed by atoms with Crippen LogP contribution in [0.3, 0.4) is 0 Å². The number of carboxylic acids is 1. The monoisotopic (exact) mass is 654 g/mol. The highest BCUT2D eigenvalue weighted by Gasteiger charge is 2.31. The van der Waals surface area contributed by atoms with E-state index in [1.54, 1.807) is 24.2 Å². The van der Waals surface area contributed by atoms with Gasteiger partial charge in [-0.2, -0.15) is 0 Å². The van der Waals surface area contributed by atoms with E-state index in [0.29, 0.717) is 50.3 Å². The topological polar surface area (TPSA) is 115 Å². The van der Waals surface area contributed by atoms with Gasteiger partial charge >= 0.3 is 12.1 Å². The number of amides is 1. The quantitative estimate of drug-likeness (QED) is 0.194. The molecule has 1 aliphatic carbocycles. The first-order valence-electron chi connectivity index (χ1n) is 16.9. The molecule has 2 aromatic heterocycles. The lowest BCUT2D eigenvalue weighted by Gasteiger charge is -2.29. The van der Waals surface area contributed by atoms with Crippen LogP contribution in [0.1, 0.15) is 80.4 Å². The first kappa shape index (κ1) is 33.3. The molecule has 10 nitrogen and oxygen atoms in total. The van der Waals surface area contributed by atoms with E-state index >= 15 is 0 Å². The number of carbonyl (C=O) groups is 2. The Balaban J connectivity index is 1.38. The SMILES string of the molecule is CN(CCN[C@H]1COc2cc(OCc3ccccn3)ccc2-c2c(C3CCCCC3)c3ccc(C(=O)O)cc3n2C1)C(=O)OC(C)(C)C. The van der Waals surface area contributed by atoms with E-state index in [1.807, 2.05) is 63.2 Å². The van der Waals surface area contributed by atoms with Crippen molar-refractivity contribution in [1.29, 1.82) is 0 Å². The molecule has 0 unspecified atom stereocenters. The average Bonchev–Trinajstić information content (AvgIpc) is 3.37. The van der Waals surface area contributed by atoms with Gasteiger partial charge in [0.2, 0.25) is 0 Å². The molecule has 1 fully saturated rings. The average molecular weight is 655 g/mol. The fraction of sp³-hybridized carbons (Fsp3) is 0.447. The van der Waals surface area contributed by atoms with Gasteiger partial charge in [0.1, 0.15) is 30.3 Å². The van der Waals surface area contributed by atoms with Gasteiger partial charge in [-0.05, 0) is 81.5 Å². The van der Waals surface area contributed by atoms with Crippen LogP contribution >= 0.6 is 0 Å². The van der Waals surface area contributed by atoms with Gasteiger partial charge in [-0.15, -0.1) is 0 Å². The Labute approximate surface area is 282 Å². The zero-order chi connectivity index (χ0) is 33.8. The second kappa shape index (κ2) is 14.3. The number of aromatic carboxylic acids is 1. The minimum Gasteiger partial charge on any atom is -0.491 e. The van der Waals surface area contributed by atoms with Gasteiger partial charge < -0.3 is 34.1 Å². The highest BCUT2D eigenvalue weighted by atomic mass is 16.6. The van der Waals surface area contributed by atoms with Gasteiger partial charge in [-0.1, -0.05) is 31.4 Å². The Bertz CT molecular complexity index is 1760. The van der Waals surface area contributed by atoms with Crippen molar-refractivity contribution < 1.29 is 28.9 Å². The van der Waals surface area contributed by atoms with E-state index < -0.39 is 11.6 Å². The van der Waals surface area contributed by atoms with Gasteiger partial charge in [0.05, 0.1) is 23.0 Å². The largest absolute Gasteiger partial charge is 0.491 e. The lowest BCUT2D eigenvalue weighted by atomic mass is 9.81. The highest BCUT2D eigenvalue weighted by molar-refractivity contribution is 5.98. The Morgan fingerprint density at radius 1 is 1.08 bits per heavy atom. The van der Waals surface area contributed by atoms with E-state index in [2.05, 4.69) is 20.9 Å². The van der Waals surface area contributed by atoms with E-state index in [1.165, 1.54) is 24.8 Å². The van der Waals surface area contributed by atoms with E-state index in [9.17, 15) is 14.7 Å². The molecule has 4 aromatic rings. The normalized spacial score (nSPS) is 16.6. The number of hydrogen-bond donors (Lipinski definition) is 2. The molecule has 2 N–H and O–H groups in total. The molecule has 0 bridgehead atoms. The van der Waals surface area contributed by atoms with Gasteiger partial charge in [-0.25, -0.2) is 9.59 Å². The molecule has 0 radical (unpaired) electrons. The van der Waals surface area contributed by atoms with Gasteiger partial charge in [0.15, 0.2) is 0 Å². The fourth-order valence-electron chi connectivity index (χ4n) is 6.80. The van der Waals surface area contributed by atoms with Crippen molar-refractivity contribution >= 4 is 23.0 Å². The molecule has 1 aliphatic heterocycles. The van der Waals surface area contributed by atoms with Crippen LogP contribution in [0.2, 0.25) is 0 Å². The summed E-state index contributed by atoms with van der Waals surface area (Å²) in [5, 5.41) is 14.7. The van der Waals surface area contributed by atoms with E-state index in [-0.39, 0.29) is 17.7 Å². The highest BCUT2D eigenvalue weighted by Crippen LogP contribution is 2.47. The Morgan fingerprint density at radius 3 is 2.62 bits per heavy atom. The van der Waals surface area contributed by atoms with Crippen molar-refractivity contribution in [2.75, 3.05) is 26.7 Å². The minimum absolute atomic E-state index is 0.134. The summed E-state index contributed by atoms with van der Waals surface area (Å²) in [6, 6.07) is 17.1. The zero-order valence-corrected chi connectivity index (χ0v) is 28.3. The Hall–Kier alpha value is -4.57. The molecule has 2 aromatic carbocycles. The van der Waals surface area contributed by atoms with Gasteiger partial charge in [-0.3, -0.25) is 4.98 Å². The number of likely N-dealkylation sites (N-methyl/N-ethyl adjacent to an activating group) is 1. The van der Waals surface area contributed by atoms with Crippen LogP contribution in [0.25, 0.3) is 22.2 Å². The predicted octanol–water partition coefficient (Wildman–Crippen LogP) is 7.25. The summed E-state index contributed by atoms with van der Waals surface area (Å²) >= 11 is 0. The van der Waals surface area contributed by atoms with Crippen molar-refractivity contribution in [3.63, 3.8) is 0 Å². The molecule has 10 heteroatoms. The van der Waals surface area contributed by atoms with Crippen LogP contribution in [-0.2, 0) is 17.9 Å². The number of ether oxygens (including phenoxy) is 3. The maximum atomic E-state index is 12.6. The first-order valence-corrected chi connectivity index (χ1v) is 16.9. The van der Waals surface area contributed by atoms with Gasteiger partial charge in [0, 0.05) is 55.4 Å². The number of hydrogen-bond acceptors (Lipinski definition) is 7. The van der Waals surface area contributed by atoms with E-state index in [4.69, 9.17) is 14.2 Å². The third kappa shape index (κ3) is 7.59. The second-order valence-corrected chi connectivity index (χ2v) is 13.9. The summed E-state index contributed by atoms with van der Waals surface area (Å²) < 4.78 is 20.6. The lowest BCUT2D eigenvalue weighted by Crippen LogP contribution is -2.44. The minimum atomic E-state index is -0.948. The summed E-state index contributed by atoms with van der Waals surface area (Å²) in [4.78, 5) is 30.7. The van der Waals surface area contributed by atoms with Crippen molar-refractivity contribution in [2.24, 2.45) is 0 Å². The van der Waals surface area contributed by atoms with Crippen LogP contribution in [0.4, 0.5) is 4.79 Å². The summed E-state index contributed by atoms with van der Waals surface area (Å²) in [7, 11) is 1.73. The van der Waals surface area contributed by atoms with Crippen LogP contribution in [0.5, 0.6) is 11.5 Å². The number of carboxylic acid groups (broad SMARTS) is 1. The summed E-state index contributed by atoms with van der Waals surface area (Å²) in [5.74, 6) is 0.800. The Kier molecular flexibility index (Phi) is 9.91. The predicted molar refractivity (Wildman–Crippen MR) is 185 cm³/mol. The molecule has 1 atom stereocenters. The number of benzene rings is 2. The number of aromatic nitrogens is 2. The first-order chi connectivity index (χ1) is 23.1. The standard InChI is InChI=1S/C38H46N4O6/c1-38(2,3)48-37(45)41(4)19-18-40-28-22-42-32-20-26(36(43)44)13-15-30(32)34(25-10-6-5-7-11-25)35(42)31-16-14-29(21-33(31)47-24-28)46-23-27-12-8-9-17-39-27/h8-9,12-17,20-21,25,28,40H,5-7,10-11,18-19,22-24H2,1-4H3,(H,43,44)/t28-/m1/s1. The fourth-order valence-corrected chi connectivity index (χ4v) is 6.80. The smallest absolute Gasteiger partial charge is 0.410 e. The Morgan fingerprint density at radius 2 is 1.90 bits per heavy atom. The van der Waals surface area contributed by atoms with Crippen LogP contribution < -0.4 is 14.8 Å². The molecule has 0 saturated heterocycles. The van der Waals surface area contributed by atoms with Crippen LogP contribution in [-0.4, -0.2) is 70.0 Å². The molecular formula is C38H46N4O6. The molecule has 1 amide bonds. The van der Waals surface area contributed by atoms with Crippen molar-refractivity contribution in [3.05, 3.63) is 77.6 Å². The third-order valence-corrected chi connectivity index (χ3v) is 9.11. The lowest BCUT2D eigenvalue weighted by molar-refractivity contribution is 0.0298. The number of nitrogens with zero attached hydrogens (tertiary/aromatic N) is 3. The number of pyridine rings is 1. The number of nitrogens with one attached hydrogen (secondary N) is 1. The third-order valence-electron chi connectivity index (χ3n) is 9.11.